The Hall–Kier alpha value is -0.340. The zero-order chi connectivity index (χ0) is 6.43. The van der Waals surface area contributed by atoms with Gasteiger partial charge in [0.2, 0.25) is 0 Å². The molecule has 2 aliphatic heterocycles. The topological polar surface area (TPSA) is 26.3 Å². The molecule has 1 fully saturated rings. The zero-order valence-corrected chi connectivity index (χ0v) is 5.39. The summed E-state index contributed by atoms with van der Waals surface area (Å²) in [6, 6.07) is 0. The quantitative estimate of drug-likeness (QED) is 0.504. The molecule has 0 saturated carbocycles. The lowest BCUT2D eigenvalue weighted by Crippen LogP contribution is -2.11. The van der Waals surface area contributed by atoms with Gasteiger partial charge in [0.05, 0.1) is 0 Å². The normalized spacial score (nSPS) is 39.7. The second kappa shape index (κ2) is 1.58. The second-order valence-electron chi connectivity index (χ2n) is 2.27. The van der Waals surface area contributed by atoms with Gasteiger partial charge in [-0.25, -0.2) is 0 Å². The summed E-state index contributed by atoms with van der Waals surface area (Å²) in [6.45, 7) is 0. The van der Waals surface area contributed by atoms with E-state index in [0.29, 0.717) is 11.5 Å². The molecule has 2 rings (SSSR count). The minimum Gasteiger partial charge on any atom is -0.357 e. The van der Waals surface area contributed by atoms with E-state index in [9.17, 15) is 4.79 Å². The lowest BCUT2D eigenvalue weighted by atomic mass is 10.1. The standard InChI is InChI=1S/C6H5ClO2/c7-3-1-6-4(8)2-5(3)9-6/h1,5-6H,2H2. The Labute approximate surface area is 57.4 Å². The number of fused-ring (bicyclic) bond motifs is 2. The van der Waals surface area contributed by atoms with Crippen LogP contribution in [0.4, 0.5) is 0 Å². The van der Waals surface area contributed by atoms with Crippen LogP contribution in [0.5, 0.6) is 0 Å². The van der Waals surface area contributed by atoms with Crippen molar-refractivity contribution in [1.29, 1.82) is 0 Å². The second-order valence-corrected chi connectivity index (χ2v) is 2.70. The maximum atomic E-state index is 10.8. The Morgan fingerprint density at radius 1 is 1.78 bits per heavy atom. The van der Waals surface area contributed by atoms with Crippen molar-refractivity contribution in [2.75, 3.05) is 0 Å². The molecule has 2 heterocycles. The van der Waals surface area contributed by atoms with Crippen molar-refractivity contribution < 1.29 is 9.53 Å². The van der Waals surface area contributed by atoms with E-state index < -0.39 is 0 Å². The van der Waals surface area contributed by atoms with Gasteiger partial charge in [-0.05, 0) is 6.08 Å². The van der Waals surface area contributed by atoms with Gasteiger partial charge >= 0.3 is 0 Å². The van der Waals surface area contributed by atoms with Gasteiger partial charge in [-0.2, -0.15) is 0 Å². The number of Topliss-reactive ketones (excluding diaryl/α,β-unsaturated/α-hetero) is 1. The summed E-state index contributed by atoms with van der Waals surface area (Å²) in [5, 5.41) is 0.694. The summed E-state index contributed by atoms with van der Waals surface area (Å²) in [5.74, 6) is 0.157. The van der Waals surface area contributed by atoms with E-state index in [0.717, 1.165) is 0 Å². The Balaban J connectivity index is 2.35. The van der Waals surface area contributed by atoms with E-state index in [-0.39, 0.29) is 18.0 Å². The van der Waals surface area contributed by atoms with E-state index in [2.05, 4.69) is 0 Å². The molecule has 0 radical (unpaired) electrons. The molecule has 0 N–H and O–H groups in total. The molecule has 2 unspecified atom stereocenters. The summed E-state index contributed by atoms with van der Waals surface area (Å²) in [7, 11) is 0. The third-order valence-corrected chi connectivity index (χ3v) is 2.00. The Kier molecular flexibility index (Phi) is 0.957. The first-order valence-electron chi connectivity index (χ1n) is 2.83. The Morgan fingerprint density at radius 3 is 2.89 bits per heavy atom. The molecule has 0 aliphatic carbocycles. The van der Waals surface area contributed by atoms with Crippen LogP contribution in [0, 0.1) is 0 Å². The molecule has 2 atom stereocenters. The smallest absolute Gasteiger partial charge is 0.168 e. The number of hydrogen-bond acceptors (Lipinski definition) is 2. The summed E-state index contributed by atoms with van der Waals surface area (Å²) < 4.78 is 5.12. The van der Waals surface area contributed by atoms with Crippen molar-refractivity contribution in [3.8, 4) is 0 Å². The third-order valence-electron chi connectivity index (χ3n) is 1.63. The van der Waals surface area contributed by atoms with Crippen LogP contribution in [0.3, 0.4) is 0 Å². The van der Waals surface area contributed by atoms with Crippen LogP contribution in [0.25, 0.3) is 0 Å². The van der Waals surface area contributed by atoms with Crippen LogP contribution in [-0.4, -0.2) is 18.0 Å². The Morgan fingerprint density at radius 2 is 2.56 bits per heavy atom. The van der Waals surface area contributed by atoms with Gasteiger partial charge in [0.1, 0.15) is 12.2 Å². The van der Waals surface area contributed by atoms with Crippen molar-refractivity contribution in [2.24, 2.45) is 0 Å². The maximum Gasteiger partial charge on any atom is 0.168 e. The third kappa shape index (κ3) is 0.635. The molecule has 0 amide bonds. The van der Waals surface area contributed by atoms with Gasteiger partial charge in [0, 0.05) is 11.5 Å². The highest BCUT2D eigenvalue weighted by Crippen LogP contribution is 2.32. The average Bonchev–Trinajstić information content (AvgIpc) is 2.24. The fraction of sp³-hybridized carbons (Fsp3) is 0.500. The predicted molar refractivity (Wildman–Crippen MR) is 32.2 cm³/mol. The average molecular weight is 145 g/mol. The number of halogens is 1. The van der Waals surface area contributed by atoms with Gasteiger partial charge in [-0.15, -0.1) is 0 Å². The van der Waals surface area contributed by atoms with Crippen molar-refractivity contribution in [2.45, 2.75) is 18.6 Å². The first-order chi connectivity index (χ1) is 4.27. The van der Waals surface area contributed by atoms with E-state index in [1.165, 1.54) is 0 Å². The van der Waals surface area contributed by atoms with Crippen LogP contribution < -0.4 is 0 Å². The molecule has 0 aromatic rings. The largest absolute Gasteiger partial charge is 0.357 e. The number of ether oxygens (including phenoxy) is 1. The van der Waals surface area contributed by atoms with Crippen LogP contribution in [0.15, 0.2) is 11.1 Å². The fourth-order valence-corrected chi connectivity index (χ4v) is 1.39. The van der Waals surface area contributed by atoms with E-state index in [1.54, 1.807) is 6.08 Å². The summed E-state index contributed by atoms with van der Waals surface area (Å²) in [4.78, 5) is 10.8. The number of carbonyl (C=O) groups excluding carboxylic acids is 1. The van der Waals surface area contributed by atoms with E-state index in [1.807, 2.05) is 0 Å². The monoisotopic (exact) mass is 144 g/mol. The van der Waals surface area contributed by atoms with Gasteiger partial charge in [0.25, 0.3) is 0 Å². The molecule has 0 aromatic heterocycles. The van der Waals surface area contributed by atoms with E-state index >= 15 is 0 Å². The number of ketones is 1. The minimum absolute atomic E-state index is 0.107. The molecule has 2 nitrogen and oxygen atoms in total. The van der Waals surface area contributed by atoms with Crippen molar-refractivity contribution in [3.63, 3.8) is 0 Å². The van der Waals surface area contributed by atoms with Crippen LogP contribution in [-0.2, 0) is 9.53 Å². The predicted octanol–water partition coefficient (Wildman–Crippen LogP) is 0.849. The SMILES string of the molecule is O=C1CC2OC1C=C2Cl. The molecule has 3 heteroatoms. The Bertz CT molecular complexity index is 197. The molecule has 1 saturated heterocycles. The van der Waals surface area contributed by atoms with Crippen molar-refractivity contribution >= 4 is 17.4 Å². The van der Waals surface area contributed by atoms with E-state index in [4.69, 9.17) is 16.3 Å². The first kappa shape index (κ1) is 5.45. The van der Waals surface area contributed by atoms with Gasteiger partial charge in [0.15, 0.2) is 5.78 Å². The van der Waals surface area contributed by atoms with Crippen LogP contribution >= 0.6 is 11.6 Å². The number of carbonyl (C=O) groups is 1. The van der Waals surface area contributed by atoms with Crippen molar-refractivity contribution in [1.82, 2.24) is 0 Å². The molecule has 2 aliphatic rings. The summed E-state index contributed by atoms with van der Waals surface area (Å²) in [5.41, 5.74) is 0. The lowest BCUT2D eigenvalue weighted by Gasteiger charge is -1.99. The minimum atomic E-state index is -0.317. The molecule has 48 valence electrons. The van der Waals surface area contributed by atoms with Crippen LogP contribution in [0.2, 0.25) is 0 Å². The van der Waals surface area contributed by atoms with Gasteiger partial charge < -0.3 is 4.74 Å². The molecule has 9 heavy (non-hydrogen) atoms. The molecular formula is C6H5ClO2. The highest BCUT2D eigenvalue weighted by Gasteiger charge is 2.39. The zero-order valence-electron chi connectivity index (χ0n) is 4.63. The summed E-state index contributed by atoms with van der Waals surface area (Å²) in [6.07, 6.45) is 1.73. The highest BCUT2D eigenvalue weighted by atomic mass is 35.5. The van der Waals surface area contributed by atoms with Gasteiger partial charge in [-0.1, -0.05) is 11.6 Å². The fourth-order valence-electron chi connectivity index (χ4n) is 1.15. The van der Waals surface area contributed by atoms with Crippen LogP contribution in [0.1, 0.15) is 6.42 Å². The molecule has 2 bridgehead atoms. The lowest BCUT2D eigenvalue weighted by molar-refractivity contribution is -0.120. The first-order valence-corrected chi connectivity index (χ1v) is 3.20. The summed E-state index contributed by atoms with van der Waals surface area (Å²) >= 11 is 5.66. The highest BCUT2D eigenvalue weighted by molar-refractivity contribution is 6.31. The molecule has 0 aromatic carbocycles. The maximum absolute atomic E-state index is 10.8. The van der Waals surface area contributed by atoms with Gasteiger partial charge in [-0.3, -0.25) is 4.79 Å². The molecular weight excluding hydrogens is 140 g/mol. The molecule has 0 spiro atoms. The number of rotatable bonds is 0. The number of hydrogen-bond donors (Lipinski definition) is 0. The van der Waals surface area contributed by atoms with Crippen molar-refractivity contribution in [3.05, 3.63) is 11.1 Å².